The van der Waals surface area contributed by atoms with Crippen LogP contribution in [0.1, 0.15) is 30.9 Å². The van der Waals surface area contributed by atoms with Crippen molar-refractivity contribution in [2.24, 2.45) is 11.7 Å². The molecular weight excluding hydrogens is 230 g/mol. The van der Waals surface area contributed by atoms with E-state index in [-0.39, 0.29) is 6.04 Å². The van der Waals surface area contributed by atoms with E-state index in [1.165, 1.54) is 6.42 Å². The number of nitrogens with two attached hydrogens (primary N) is 1. The molecule has 4 heteroatoms. The summed E-state index contributed by atoms with van der Waals surface area (Å²) >= 11 is 0. The molecule has 0 unspecified atom stereocenters. The first-order chi connectivity index (χ1) is 8.65. The summed E-state index contributed by atoms with van der Waals surface area (Å²) in [6.45, 7) is 0. The molecule has 0 spiro atoms. The molecule has 2 rings (SSSR count). The van der Waals surface area contributed by atoms with Crippen molar-refractivity contribution in [2.45, 2.75) is 31.4 Å². The summed E-state index contributed by atoms with van der Waals surface area (Å²) in [7, 11) is 3.21. The maximum absolute atomic E-state index is 10.2. The minimum Gasteiger partial charge on any atom is -0.497 e. The summed E-state index contributed by atoms with van der Waals surface area (Å²) in [6, 6.07) is 5.12. The first kappa shape index (κ1) is 13.2. The number of ether oxygens (including phenoxy) is 2. The van der Waals surface area contributed by atoms with Gasteiger partial charge in [0.2, 0.25) is 0 Å². The predicted molar refractivity (Wildman–Crippen MR) is 69.8 cm³/mol. The molecule has 100 valence electrons. The summed E-state index contributed by atoms with van der Waals surface area (Å²) in [4.78, 5) is 0. The smallest absolute Gasteiger partial charge is 0.122 e. The molecule has 1 fully saturated rings. The van der Waals surface area contributed by atoms with E-state index in [9.17, 15) is 5.11 Å². The van der Waals surface area contributed by atoms with Crippen molar-refractivity contribution in [3.63, 3.8) is 0 Å². The number of aliphatic hydroxyl groups excluding tert-OH is 1. The first-order valence-corrected chi connectivity index (χ1v) is 6.32. The van der Waals surface area contributed by atoms with E-state index in [0.717, 1.165) is 18.4 Å². The van der Waals surface area contributed by atoms with Gasteiger partial charge in [-0.3, -0.25) is 0 Å². The fourth-order valence-electron chi connectivity index (χ4n) is 2.29. The van der Waals surface area contributed by atoms with Crippen molar-refractivity contribution in [1.29, 1.82) is 0 Å². The zero-order valence-electron chi connectivity index (χ0n) is 10.9. The molecular formula is C14H21NO3. The molecule has 1 aromatic carbocycles. The van der Waals surface area contributed by atoms with Gasteiger partial charge in [0.1, 0.15) is 11.5 Å². The van der Waals surface area contributed by atoms with E-state index in [0.29, 0.717) is 17.4 Å². The van der Waals surface area contributed by atoms with Crippen LogP contribution >= 0.6 is 0 Å². The van der Waals surface area contributed by atoms with Crippen molar-refractivity contribution >= 4 is 0 Å². The molecule has 0 bridgehead atoms. The number of benzene rings is 1. The molecule has 3 N–H and O–H groups in total. The fraction of sp³-hybridized carbons (Fsp3) is 0.571. The summed E-state index contributed by atoms with van der Waals surface area (Å²) < 4.78 is 10.4. The zero-order valence-corrected chi connectivity index (χ0v) is 10.9. The normalized spacial score (nSPS) is 18.9. The lowest BCUT2D eigenvalue weighted by molar-refractivity contribution is 0.0413. The van der Waals surface area contributed by atoms with Gasteiger partial charge in [0, 0.05) is 6.07 Å². The van der Waals surface area contributed by atoms with E-state index < -0.39 is 6.10 Å². The highest BCUT2D eigenvalue weighted by molar-refractivity contribution is 5.40. The minimum absolute atomic E-state index is 0.331. The lowest BCUT2D eigenvalue weighted by Crippen LogP contribution is -2.36. The van der Waals surface area contributed by atoms with Crippen molar-refractivity contribution in [3.05, 3.63) is 23.8 Å². The third-order valence-corrected chi connectivity index (χ3v) is 3.76. The highest BCUT2D eigenvalue weighted by Crippen LogP contribution is 2.35. The van der Waals surface area contributed by atoms with Gasteiger partial charge in [-0.1, -0.05) is 6.42 Å². The summed E-state index contributed by atoms with van der Waals surface area (Å²) in [5, 5.41) is 10.2. The third kappa shape index (κ3) is 2.60. The lowest BCUT2D eigenvalue weighted by atomic mass is 9.77. The van der Waals surface area contributed by atoms with E-state index in [1.54, 1.807) is 20.3 Å². The molecule has 18 heavy (non-hydrogen) atoms. The van der Waals surface area contributed by atoms with Crippen molar-refractivity contribution < 1.29 is 14.6 Å². The summed E-state index contributed by atoms with van der Waals surface area (Å²) in [5.41, 5.74) is 6.99. The second kappa shape index (κ2) is 5.59. The first-order valence-electron chi connectivity index (χ1n) is 6.32. The largest absolute Gasteiger partial charge is 0.497 e. The lowest BCUT2D eigenvalue weighted by Gasteiger charge is -2.34. The Balaban J connectivity index is 2.19. The maximum atomic E-state index is 10.2. The SMILES string of the molecule is COc1cc(OC)cc([C@@H](N)[C@@H](O)C2CCC2)c1. The monoisotopic (exact) mass is 251 g/mol. The van der Waals surface area contributed by atoms with E-state index >= 15 is 0 Å². The zero-order chi connectivity index (χ0) is 13.1. The van der Waals surface area contributed by atoms with Crippen LogP contribution in [0.5, 0.6) is 11.5 Å². The quantitative estimate of drug-likeness (QED) is 0.838. The van der Waals surface area contributed by atoms with Crippen molar-refractivity contribution in [2.75, 3.05) is 14.2 Å². The number of hydrogen-bond donors (Lipinski definition) is 2. The number of hydrogen-bond acceptors (Lipinski definition) is 4. The van der Waals surface area contributed by atoms with Gasteiger partial charge in [0.15, 0.2) is 0 Å². The predicted octanol–water partition coefficient (Wildman–Crippen LogP) is 1.86. The van der Waals surface area contributed by atoms with Gasteiger partial charge in [-0.25, -0.2) is 0 Å². The van der Waals surface area contributed by atoms with Crippen LogP contribution in [-0.2, 0) is 0 Å². The Bertz CT molecular complexity index is 382. The minimum atomic E-state index is -0.490. The molecule has 0 radical (unpaired) electrons. The highest BCUT2D eigenvalue weighted by Gasteiger charge is 2.31. The van der Waals surface area contributed by atoms with E-state index in [1.807, 2.05) is 12.1 Å². The Morgan fingerprint density at radius 3 is 2.11 bits per heavy atom. The van der Waals surface area contributed by atoms with Gasteiger partial charge in [-0.2, -0.15) is 0 Å². The van der Waals surface area contributed by atoms with Crippen molar-refractivity contribution in [3.8, 4) is 11.5 Å². The van der Waals surface area contributed by atoms with Crippen LogP contribution in [0.3, 0.4) is 0 Å². The topological polar surface area (TPSA) is 64.7 Å². The maximum Gasteiger partial charge on any atom is 0.122 e. The Morgan fingerprint density at radius 2 is 1.72 bits per heavy atom. The Hall–Kier alpha value is -1.26. The second-order valence-electron chi connectivity index (χ2n) is 4.85. The molecule has 0 heterocycles. The Morgan fingerprint density at radius 1 is 1.17 bits per heavy atom. The van der Waals surface area contributed by atoms with Gasteiger partial charge in [0.25, 0.3) is 0 Å². The average molecular weight is 251 g/mol. The Labute approximate surface area is 108 Å². The molecule has 2 atom stereocenters. The van der Waals surface area contributed by atoms with Gasteiger partial charge < -0.3 is 20.3 Å². The van der Waals surface area contributed by atoms with Crippen molar-refractivity contribution in [1.82, 2.24) is 0 Å². The average Bonchev–Trinajstić information content (AvgIpc) is 2.34. The Kier molecular flexibility index (Phi) is 4.09. The van der Waals surface area contributed by atoms with Crippen LogP contribution in [0.15, 0.2) is 18.2 Å². The second-order valence-corrected chi connectivity index (χ2v) is 4.85. The van der Waals surface area contributed by atoms with E-state index in [2.05, 4.69) is 0 Å². The number of methoxy groups -OCH3 is 2. The third-order valence-electron chi connectivity index (χ3n) is 3.76. The fourth-order valence-corrected chi connectivity index (χ4v) is 2.29. The van der Waals surface area contributed by atoms with Crippen LogP contribution in [-0.4, -0.2) is 25.4 Å². The van der Waals surface area contributed by atoms with Gasteiger partial charge in [-0.05, 0) is 36.5 Å². The van der Waals surface area contributed by atoms with Crippen LogP contribution in [0.25, 0.3) is 0 Å². The van der Waals surface area contributed by atoms with Gasteiger partial charge in [0.05, 0.1) is 26.4 Å². The standard InChI is InChI=1S/C14H21NO3/c1-17-11-6-10(7-12(8-11)18-2)13(15)14(16)9-4-3-5-9/h6-9,13-14,16H,3-5,15H2,1-2H3/t13-,14+/m1/s1. The molecule has 0 aliphatic heterocycles. The van der Waals surface area contributed by atoms with Crippen LogP contribution in [0.4, 0.5) is 0 Å². The molecule has 0 saturated heterocycles. The molecule has 1 aromatic rings. The molecule has 1 saturated carbocycles. The van der Waals surface area contributed by atoms with Crippen LogP contribution in [0, 0.1) is 5.92 Å². The summed E-state index contributed by atoms with van der Waals surface area (Å²) in [6.07, 6.45) is 2.83. The van der Waals surface area contributed by atoms with Gasteiger partial charge in [-0.15, -0.1) is 0 Å². The number of rotatable bonds is 5. The van der Waals surface area contributed by atoms with E-state index in [4.69, 9.17) is 15.2 Å². The molecule has 1 aliphatic carbocycles. The molecule has 0 amide bonds. The molecule has 1 aliphatic rings. The van der Waals surface area contributed by atoms with Crippen LogP contribution < -0.4 is 15.2 Å². The van der Waals surface area contributed by atoms with Crippen LogP contribution in [0.2, 0.25) is 0 Å². The molecule has 0 aromatic heterocycles. The molecule has 4 nitrogen and oxygen atoms in total. The summed E-state index contributed by atoms with van der Waals surface area (Å²) in [5.74, 6) is 1.72. The van der Waals surface area contributed by atoms with Gasteiger partial charge >= 0.3 is 0 Å². The highest BCUT2D eigenvalue weighted by atomic mass is 16.5. The number of aliphatic hydroxyl groups is 1.